The zero-order valence-corrected chi connectivity index (χ0v) is 22.5. The number of rotatable bonds is 4. The second-order valence-electron chi connectivity index (χ2n) is 9.66. The summed E-state index contributed by atoms with van der Waals surface area (Å²) in [5.74, 6) is -0.403. The number of benzene rings is 3. The molecular weight excluding hydrogens is 562 g/mol. The average Bonchev–Trinajstić information content (AvgIpc) is 3.37. The van der Waals surface area contributed by atoms with Gasteiger partial charge in [-0.2, -0.15) is 18.3 Å². The van der Waals surface area contributed by atoms with Crippen LogP contribution in [0.15, 0.2) is 72.9 Å². The van der Waals surface area contributed by atoms with Gasteiger partial charge in [0.05, 0.1) is 21.9 Å². The van der Waals surface area contributed by atoms with E-state index in [0.29, 0.717) is 52.8 Å². The van der Waals surface area contributed by atoms with Crippen LogP contribution in [0.2, 0.25) is 10.0 Å². The topological polar surface area (TPSA) is 53.7 Å². The first-order valence-electron chi connectivity index (χ1n) is 12.6. The van der Waals surface area contributed by atoms with E-state index in [0.717, 1.165) is 22.4 Å². The molecule has 3 aromatic carbocycles. The van der Waals surface area contributed by atoms with Crippen molar-refractivity contribution in [3.8, 4) is 11.3 Å². The van der Waals surface area contributed by atoms with Crippen molar-refractivity contribution < 1.29 is 18.0 Å². The fourth-order valence-corrected chi connectivity index (χ4v) is 5.40. The van der Waals surface area contributed by atoms with Crippen LogP contribution in [-0.2, 0) is 12.7 Å². The molecule has 2 aromatic heterocycles. The summed E-state index contributed by atoms with van der Waals surface area (Å²) in [6.07, 6.45) is -3.53. The van der Waals surface area contributed by atoms with Crippen LogP contribution in [0.4, 0.5) is 13.2 Å². The molecule has 1 saturated heterocycles. The minimum Gasteiger partial charge on any atom is -0.336 e. The molecule has 0 spiro atoms. The van der Waals surface area contributed by atoms with Gasteiger partial charge in [0.2, 0.25) is 0 Å². The molecule has 11 heteroatoms. The lowest BCUT2D eigenvalue weighted by Crippen LogP contribution is -2.48. The largest absolute Gasteiger partial charge is 0.433 e. The number of carbonyl (C=O) groups is 1. The lowest BCUT2D eigenvalue weighted by atomic mass is 10.0. The zero-order valence-electron chi connectivity index (χ0n) is 21.0. The van der Waals surface area contributed by atoms with Crippen LogP contribution in [0, 0.1) is 0 Å². The van der Waals surface area contributed by atoms with Gasteiger partial charge in [-0.1, -0.05) is 71.7 Å². The van der Waals surface area contributed by atoms with Crippen LogP contribution < -0.4 is 0 Å². The molecule has 0 radical (unpaired) electrons. The third-order valence-electron chi connectivity index (χ3n) is 7.11. The summed E-state index contributed by atoms with van der Waals surface area (Å²) < 4.78 is 43.2. The molecule has 5 aromatic rings. The van der Waals surface area contributed by atoms with Gasteiger partial charge in [-0.3, -0.25) is 9.69 Å². The zero-order chi connectivity index (χ0) is 28.0. The van der Waals surface area contributed by atoms with Crippen molar-refractivity contribution in [2.45, 2.75) is 12.7 Å². The SMILES string of the molecule is O=C(c1cnn2c(C(F)(F)F)cc(-c3cccc4ccccc34)nc12)N1CCN(Cc2ccc(Cl)c(Cl)c2)CC1. The summed E-state index contributed by atoms with van der Waals surface area (Å²) in [7, 11) is 0. The maximum absolute atomic E-state index is 14.2. The van der Waals surface area contributed by atoms with Crippen LogP contribution in [0.1, 0.15) is 21.6 Å². The van der Waals surface area contributed by atoms with Crippen molar-refractivity contribution in [2.75, 3.05) is 26.2 Å². The molecule has 1 aliphatic heterocycles. The molecule has 40 heavy (non-hydrogen) atoms. The number of halogens is 5. The van der Waals surface area contributed by atoms with Gasteiger partial charge < -0.3 is 4.90 Å². The second-order valence-corrected chi connectivity index (χ2v) is 10.5. The Morgan fingerprint density at radius 1 is 0.900 bits per heavy atom. The molecule has 1 amide bonds. The lowest BCUT2D eigenvalue weighted by molar-refractivity contribution is -0.142. The van der Waals surface area contributed by atoms with Crippen molar-refractivity contribution in [3.63, 3.8) is 0 Å². The van der Waals surface area contributed by atoms with Gasteiger partial charge in [-0.25, -0.2) is 9.50 Å². The summed E-state index contributed by atoms with van der Waals surface area (Å²) in [5.41, 5.74) is 0.582. The number of piperazine rings is 1. The summed E-state index contributed by atoms with van der Waals surface area (Å²) in [6.45, 7) is 2.64. The van der Waals surface area contributed by atoms with Crippen LogP contribution >= 0.6 is 23.2 Å². The van der Waals surface area contributed by atoms with E-state index in [-0.39, 0.29) is 16.9 Å². The van der Waals surface area contributed by atoms with Gasteiger partial charge in [0.1, 0.15) is 5.56 Å². The van der Waals surface area contributed by atoms with Crippen LogP contribution in [0.25, 0.3) is 27.7 Å². The Labute approximate surface area is 237 Å². The van der Waals surface area contributed by atoms with Gasteiger partial charge >= 0.3 is 6.18 Å². The Balaban J connectivity index is 1.31. The van der Waals surface area contributed by atoms with E-state index < -0.39 is 17.8 Å². The van der Waals surface area contributed by atoms with E-state index in [9.17, 15) is 18.0 Å². The number of carbonyl (C=O) groups excluding carboxylic acids is 1. The molecular formula is C29H22Cl2F3N5O. The summed E-state index contributed by atoms with van der Waals surface area (Å²) >= 11 is 12.1. The van der Waals surface area contributed by atoms with E-state index in [1.165, 1.54) is 6.20 Å². The predicted molar refractivity (Wildman–Crippen MR) is 149 cm³/mol. The highest BCUT2D eigenvalue weighted by Gasteiger charge is 2.36. The maximum Gasteiger partial charge on any atom is 0.433 e. The third-order valence-corrected chi connectivity index (χ3v) is 7.85. The highest BCUT2D eigenvalue weighted by Crippen LogP contribution is 2.35. The highest BCUT2D eigenvalue weighted by molar-refractivity contribution is 6.42. The fraction of sp³-hybridized carbons (Fsp3) is 0.207. The van der Waals surface area contributed by atoms with E-state index in [2.05, 4.69) is 15.0 Å². The molecule has 0 bridgehead atoms. The Morgan fingerprint density at radius 3 is 2.40 bits per heavy atom. The van der Waals surface area contributed by atoms with Gasteiger partial charge in [0.15, 0.2) is 11.3 Å². The Hall–Kier alpha value is -3.66. The number of fused-ring (bicyclic) bond motifs is 2. The molecule has 0 saturated carbocycles. The fourth-order valence-electron chi connectivity index (χ4n) is 5.08. The lowest BCUT2D eigenvalue weighted by Gasteiger charge is -2.34. The van der Waals surface area contributed by atoms with Crippen molar-refractivity contribution in [1.82, 2.24) is 24.4 Å². The van der Waals surface area contributed by atoms with Gasteiger partial charge in [0.25, 0.3) is 5.91 Å². The molecule has 6 rings (SSSR count). The Kier molecular flexibility index (Phi) is 6.90. The van der Waals surface area contributed by atoms with E-state index in [4.69, 9.17) is 23.2 Å². The first-order chi connectivity index (χ1) is 19.2. The summed E-state index contributed by atoms with van der Waals surface area (Å²) in [4.78, 5) is 21.9. The number of aromatic nitrogens is 3. The molecule has 204 valence electrons. The standard InChI is InChI=1S/C29H22Cl2F3N5O/c30-23-9-8-18(14-24(23)31)17-37-10-12-38(13-11-37)28(40)22-16-35-39-26(29(32,33)34)15-25(36-27(22)39)21-7-3-5-19-4-1-2-6-20(19)21/h1-9,14-16H,10-13,17H2. The van der Waals surface area contributed by atoms with Crippen molar-refractivity contribution >= 4 is 45.5 Å². The third kappa shape index (κ3) is 5.00. The van der Waals surface area contributed by atoms with Gasteiger partial charge in [-0.05, 0) is 34.5 Å². The Morgan fingerprint density at radius 2 is 1.65 bits per heavy atom. The van der Waals surface area contributed by atoms with E-state index >= 15 is 0 Å². The Bertz CT molecular complexity index is 1740. The van der Waals surface area contributed by atoms with Crippen LogP contribution in [0.3, 0.4) is 0 Å². The number of nitrogens with zero attached hydrogens (tertiary/aromatic N) is 5. The molecule has 3 heterocycles. The van der Waals surface area contributed by atoms with Gasteiger partial charge in [-0.15, -0.1) is 0 Å². The first kappa shape index (κ1) is 26.6. The maximum atomic E-state index is 14.2. The monoisotopic (exact) mass is 583 g/mol. The molecule has 1 aliphatic rings. The molecule has 0 atom stereocenters. The minimum absolute atomic E-state index is 0.0329. The summed E-state index contributed by atoms with van der Waals surface area (Å²) in [5, 5.41) is 6.54. The quantitative estimate of drug-likeness (QED) is 0.232. The van der Waals surface area contributed by atoms with Crippen LogP contribution in [-0.4, -0.2) is 56.5 Å². The van der Waals surface area contributed by atoms with Gasteiger partial charge in [0, 0.05) is 38.3 Å². The molecule has 6 nitrogen and oxygen atoms in total. The smallest absolute Gasteiger partial charge is 0.336 e. The number of amides is 1. The number of alkyl halides is 3. The van der Waals surface area contributed by atoms with Crippen molar-refractivity contribution in [3.05, 3.63) is 99.8 Å². The molecule has 1 fully saturated rings. The average molecular weight is 584 g/mol. The molecule has 0 aliphatic carbocycles. The summed E-state index contributed by atoms with van der Waals surface area (Å²) in [6, 6.07) is 19.3. The highest BCUT2D eigenvalue weighted by atomic mass is 35.5. The van der Waals surface area contributed by atoms with E-state index in [1.54, 1.807) is 23.1 Å². The molecule has 0 unspecified atom stereocenters. The predicted octanol–water partition coefficient (Wildman–Crippen LogP) is 6.83. The van der Waals surface area contributed by atoms with Crippen molar-refractivity contribution in [1.29, 1.82) is 0 Å². The van der Waals surface area contributed by atoms with E-state index in [1.807, 2.05) is 42.5 Å². The normalized spacial score (nSPS) is 14.8. The number of hydrogen-bond donors (Lipinski definition) is 0. The number of hydrogen-bond acceptors (Lipinski definition) is 4. The first-order valence-corrected chi connectivity index (χ1v) is 13.3. The minimum atomic E-state index is -4.71. The molecule has 0 N–H and O–H groups in total. The van der Waals surface area contributed by atoms with Crippen LogP contribution in [0.5, 0.6) is 0 Å². The van der Waals surface area contributed by atoms with Crippen molar-refractivity contribution in [2.24, 2.45) is 0 Å². The second kappa shape index (κ2) is 10.4.